The van der Waals surface area contributed by atoms with Crippen LogP contribution in [-0.4, -0.2) is 42.1 Å². The van der Waals surface area contributed by atoms with Gasteiger partial charge in [-0.25, -0.2) is 0 Å². The summed E-state index contributed by atoms with van der Waals surface area (Å²) in [7, 11) is 0. The number of nitrogens with zero attached hydrogens (tertiary/aromatic N) is 1. The summed E-state index contributed by atoms with van der Waals surface area (Å²) in [6, 6.07) is 3.35. The Bertz CT molecular complexity index is 689. The van der Waals surface area contributed by atoms with E-state index in [2.05, 4.69) is 4.90 Å². The maximum Gasteiger partial charge on any atom is 0.163 e. The Balaban J connectivity index is 0.00000176. The maximum absolute atomic E-state index is 11.9. The third-order valence-electron chi connectivity index (χ3n) is 3.95. The van der Waals surface area contributed by atoms with E-state index < -0.39 is 0 Å². The molecule has 0 atom stereocenters. The minimum Gasteiger partial charge on any atom is -0.508 e. The summed E-state index contributed by atoms with van der Waals surface area (Å²) in [5.41, 5.74) is 1.99. The largest absolute Gasteiger partial charge is 0.508 e. The minimum absolute atomic E-state index is 0. The number of benzene rings is 1. The number of ether oxygens (including phenoxy) is 1. The highest BCUT2D eigenvalue weighted by atomic mass is 35.5. The zero-order valence-corrected chi connectivity index (χ0v) is 13.5. The number of aromatic hydroxyl groups is 1. The monoisotopic (exact) mass is 325 g/mol. The molecule has 0 radical (unpaired) electrons. The van der Waals surface area contributed by atoms with E-state index in [1.54, 1.807) is 19.1 Å². The van der Waals surface area contributed by atoms with Gasteiger partial charge in [-0.1, -0.05) is 0 Å². The van der Waals surface area contributed by atoms with E-state index in [0.29, 0.717) is 36.7 Å². The van der Waals surface area contributed by atoms with Crippen LogP contribution in [0.15, 0.2) is 16.5 Å². The molecule has 1 saturated heterocycles. The second-order valence-electron chi connectivity index (χ2n) is 5.41. The van der Waals surface area contributed by atoms with Crippen LogP contribution in [0.2, 0.25) is 0 Å². The summed E-state index contributed by atoms with van der Waals surface area (Å²) in [5, 5.41) is 11.0. The Morgan fingerprint density at radius 1 is 1.32 bits per heavy atom. The number of morpholine rings is 1. The summed E-state index contributed by atoms with van der Waals surface area (Å²) in [5.74, 6) is 0.767. The third kappa shape index (κ3) is 2.97. The molecule has 1 aliphatic heterocycles. The van der Waals surface area contributed by atoms with Gasteiger partial charge < -0.3 is 14.3 Å². The molecule has 0 bridgehead atoms. The Morgan fingerprint density at radius 2 is 2.00 bits per heavy atom. The van der Waals surface area contributed by atoms with Gasteiger partial charge in [0.05, 0.1) is 18.8 Å². The van der Waals surface area contributed by atoms with Gasteiger partial charge in [-0.15, -0.1) is 12.4 Å². The third-order valence-corrected chi connectivity index (χ3v) is 3.95. The predicted molar refractivity (Wildman–Crippen MR) is 86.0 cm³/mol. The first-order chi connectivity index (χ1) is 10.1. The van der Waals surface area contributed by atoms with E-state index in [4.69, 9.17) is 9.15 Å². The van der Waals surface area contributed by atoms with E-state index >= 15 is 0 Å². The highest BCUT2D eigenvalue weighted by Gasteiger charge is 2.22. The Morgan fingerprint density at radius 3 is 2.64 bits per heavy atom. The first kappa shape index (κ1) is 16.8. The molecule has 1 aliphatic rings. The molecule has 0 amide bonds. The standard InChI is InChI=1S/C16H19NO4.ClH/c1-10(18)15-11(2)21-14-4-3-13(19)12(16(14)15)9-17-5-7-20-8-6-17;/h3-4,19H,5-9H2,1-2H3;1H. The number of phenolic OH excluding ortho intramolecular Hbond substituents is 1. The lowest BCUT2D eigenvalue weighted by Gasteiger charge is -2.27. The van der Waals surface area contributed by atoms with Gasteiger partial charge in [0.2, 0.25) is 0 Å². The van der Waals surface area contributed by atoms with Crippen molar-refractivity contribution in [3.63, 3.8) is 0 Å². The normalized spacial score (nSPS) is 15.7. The van der Waals surface area contributed by atoms with E-state index in [0.717, 1.165) is 24.0 Å². The van der Waals surface area contributed by atoms with Crippen LogP contribution in [0.25, 0.3) is 11.0 Å². The number of phenols is 1. The summed E-state index contributed by atoms with van der Waals surface area (Å²) < 4.78 is 11.0. The Kier molecular flexibility index (Phi) is 5.11. The molecule has 6 heteroatoms. The van der Waals surface area contributed by atoms with Crippen LogP contribution in [0.1, 0.15) is 28.6 Å². The van der Waals surface area contributed by atoms with Gasteiger partial charge in [0, 0.05) is 30.6 Å². The fraction of sp³-hybridized carbons (Fsp3) is 0.438. The van der Waals surface area contributed by atoms with Crippen molar-refractivity contribution in [3.05, 3.63) is 29.0 Å². The number of fused-ring (bicyclic) bond motifs is 1. The van der Waals surface area contributed by atoms with Crippen LogP contribution < -0.4 is 0 Å². The zero-order valence-electron chi connectivity index (χ0n) is 12.7. The van der Waals surface area contributed by atoms with Gasteiger partial charge in [0.15, 0.2) is 5.78 Å². The summed E-state index contributed by atoms with van der Waals surface area (Å²) in [6.07, 6.45) is 0. The second kappa shape index (κ2) is 6.69. The SMILES string of the molecule is CC(=O)c1c(C)oc2ccc(O)c(CN3CCOCC3)c12.Cl. The van der Waals surface area contributed by atoms with Crippen LogP contribution in [0.4, 0.5) is 0 Å². The molecule has 0 spiro atoms. The number of ketones is 1. The van der Waals surface area contributed by atoms with Crippen molar-refractivity contribution >= 4 is 29.2 Å². The molecule has 0 aliphatic carbocycles. The summed E-state index contributed by atoms with van der Waals surface area (Å²) in [6.45, 7) is 6.93. The molecule has 1 aromatic heterocycles. The van der Waals surface area contributed by atoms with Crippen LogP contribution in [0.3, 0.4) is 0 Å². The number of carbonyl (C=O) groups excluding carboxylic acids is 1. The van der Waals surface area contributed by atoms with Crippen LogP contribution in [0, 0.1) is 6.92 Å². The zero-order chi connectivity index (χ0) is 15.0. The average molecular weight is 326 g/mol. The van der Waals surface area contributed by atoms with Crippen LogP contribution >= 0.6 is 12.4 Å². The average Bonchev–Trinajstić information content (AvgIpc) is 2.80. The van der Waals surface area contributed by atoms with E-state index in [1.807, 2.05) is 0 Å². The van der Waals surface area contributed by atoms with Crippen molar-refractivity contribution in [2.75, 3.05) is 26.3 Å². The highest BCUT2D eigenvalue weighted by Crippen LogP contribution is 2.34. The molecule has 3 rings (SSSR count). The van der Waals surface area contributed by atoms with Crippen molar-refractivity contribution in [2.24, 2.45) is 0 Å². The van der Waals surface area contributed by atoms with Crippen molar-refractivity contribution in [2.45, 2.75) is 20.4 Å². The lowest BCUT2D eigenvalue weighted by Crippen LogP contribution is -2.35. The molecule has 2 aromatic rings. The molecular weight excluding hydrogens is 306 g/mol. The number of hydrogen-bond donors (Lipinski definition) is 1. The quantitative estimate of drug-likeness (QED) is 0.879. The molecular formula is C16H20ClNO4. The first-order valence-corrected chi connectivity index (χ1v) is 7.13. The number of rotatable bonds is 3. The number of Topliss-reactive ketones (excluding diaryl/α,β-unsaturated/α-hetero) is 1. The van der Waals surface area contributed by atoms with Crippen molar-refractivity contribution in [1.29, 1.82) is 0 Å². The molecule has 120 valence electrons. The predicted octanol–water partition coefficient (Wildman–Crippen LogP) is 2.90. The fourth-order valence-electron chi connectivity index (χ4n) is 2.93. The second-order valence-corrected chi connectivity index (χ2v) is 5.41. The van der Waals surface area contributed by atoms with E-state index in [9.17, 15) is 9.90 Å². The van der Waals surface area contributed by atoms with Gasteiger partial charge in [0.1, 0.15) is 17.1 Å². The molecule has 2 heterocycles. The Labute approximate surface area is 135 Å². The van der Waals surface area contributed by atoms with Gasteiger partial charge in [-0.3, -0.25) is 9.69 Å². The van der Waals surface area contributed by atoms with Crippen LogP contribution in [0.5, 0.6) is 5.75 Å². The molecule has 22 heavy (non-hydrogen) atoms. The van der Waals surface area contributed by atoms with E-state index in [-0.39, 0.29) is 23.9 Å². The van der Waals surface area contributed by atoms with Gasteiger partial charge >= 0.3 is 0 Å². The van der Waals surface area contributed by atoms with Crippen LogP contribution in [-0.2, 0) is 11.3 Å². The lowest BCUT2D eigenvalue weighted by atomic mass is 10.0. The van der Waals surface area contributed by atoms with Crippen molar-refractivity contribution in [3.8, 4) is 5.75 Å². The number of halogens is 1. The molecule has 0 unspecified atom stereocenters. The maximum atomic E-state index is 11.9. The topological polar surface area (TPSA) is 62.9 Å². The fourth-order valence-corrected chi connectivity index (χ4v) is 2.93. The first-order valence-electron chi connectivity index (χ1n) is 7.13. The molecule has 1 N–H and O–H groups in total. The molecule has 1 aromatic carbocycles. The summed E-state index contributed by atoms with van der Waals surface area (Å²) >= 11 is 0. The van der Waals surface area contributed by atoms with Crippen molar-refractivity contribution in [1.82, 2.24) is 4.90 Å². The highest BCUT2D eigenvalue weighted by molar-refractivity contribution is 6.08. The number of furan rings is 1. The smallest absolute Gasteiger partial charge is 0.163 e. The van der Waals surface area contributed by atoms with Crippen molar-refractivity contribution < 1.29 is 19.1 Å². The number of aryl methyl sites for hydroxylation is 1. The molecule has 0 saturated carbocycles. The van der Waals surface area contributed by atoms with Gasteiger partial charge in [-0.2, -0.15) is 0 Å². The number of hydrogen-bond acceptors (Lipinski definition) is 5. The minimum atomic E-state index is -0.0416. The molecule has 1 fully saturated rings. The van der Waals surface area contributed by atoms with Gasteiger partial charge in [-0.05, 0) is 26.0 Å². The lowest BCUT2D eigenvalue weighted by molar-refractivity contribution is 0.0340. The number of carbonyl (C=O) groups is 1. The summed E-state index contributed by atoms with van der Waals surface area (Å²) in [4.78, 5) is 14.1. The van der Waals surface area contributed by atoms with Gasteiger partial charge in [0.25, 0.3) is 0 Å². The van der Waals surface area contributed by atoms with E-state index in [1.165, 1.54) is 6.92 Å². The Hall–Kier alpha value is -1.56. The molecule has 5 nitrogen and oxygen atoms in total.